The fourth-order valence-corrected chi connectivity index (χ4v) is 2.47. The van der Waals surface area contributed by atoms with Crippen LogP contribution in [0.3, 0.4) is 0 Å². The van der Waals surface area contributed by atoms with E-state index >= 15 is 0 Å². The Morgan fingerprint density at radius 2 is 1.62 bits per heavy atom. The number of hydrogen-bond acceptors (Lipinski definition) is 7. The zero-order valence-electron chi connectivity index (χ0n) is 17.7. The number of alkyl carbamates (subject to hydrolysis) is 1. The first kappa shape index (κ1) is 24.6. The maximum Gasteiger partial charge on any atom is 0.408 e. The summed E-state index contributed by atoms with van der Waals surface area (Å²) >= 11 is 0. The third-order valence-electron chi connectivity index (χ3n) is 3.79. The van der Waals surface area contributed by atoms with Crippen molar-refractivity contribution in [3.05, 3.63) is 35.9 Å². The van der Waals surface area contributed by atoms with Crippen LogP contribution in [0.1, 0.15) is 32.8 Å². The van der Waals surface area contributed by atoms with Crippen molar-refractivity contribution in [1.29, 1.82) is 0 Å². The van der Waals surface area contributed by atoms with Crippen LogP contribution in [0.4, 0.5) is 4.79 Å². The number of esters is 1. The van der Waals surface area contributed by atoms with Crippen LogP contribution in [-0.2, 0) is 35.1 Å². The van der Waals surface area contributed by atoms with Crippen LogP contribution in [0.15, 0.2) is 30.3 Å². The molecule has 0 spiro atoms. The number of ketones is 1. The monoisotopic (exact) mass is 409 g/mol. The van der Waals surface area contributed by atoms with E-state index in [2.05, 4.69) is 5.32 Å². The third-order valence-corrected chi connectivity index (χ3v) is 3.79. The van der Waals surface area contributed by atoms with Gasteiger partial charge in [-0.25, -0.2) is 4.79 Å². The standard InChI is InChI=1S/C21H31NO7/c1-21(2,3)29-20(25)22-17(14-27-5)18(23)11-16(13-26-4)19(24)28-12-15-9-7-6-8-10-15/h6-10,16-17H,11-14H2,1-5H3,(H,22,25)/t16-,17-/m0/s1. The summed E-state index contributed by atoms with van der Waals surface area (Å²) < 4.78 is 20.6. The third kappa shape index (κ3) is 10.0. The number of methoxy groups -OCH3 is 2. The lowest BCUT2D eigenvalue weighted by molar-refractivity contribution is -0.153. The molecule has 0 aliphatic rings. The van der Waals surface area contributed by atoms with Gasteiger partial charge in [0.25, 0.3) is 0 Å². The second-order valence-corrected chi connectivity index (χ2v) is 7.57. The number of carbonyl (C=O) groups is 3. The Morgan fingerprint density at radius 1 is 1.00 bits per heavy atom. The number of rotatable bonds is 11. The lowest BCUT2D eigenvalue weighted by Gasteiger charge is -2.23. The first-order valence-electron chi connectivity index (χ1n) is 9.37. The van der Waals surface area contributed by atoms with Gasteiger partial charge >= 0.3 is 12.1 Å². The van der Waals surface area contributed by atoms with Gasteiger partial charge in [0.05, 0.1) is 19.1 Å². The minimum atomic E-state index is -0.948. The molecule has 1 rings (SSSR count). The van der Waals surface area contributed by atoms with E-state index in [9.17, 15) is 14.4 Å². The van der Waals surface area contributed by atoms with Gasteiger partial charge < -0.3 is 24.3 Å². The van der Waals surface area contributed by atoms with Crippen molar-refractivity contribution in [1.82, 2.24) is 5.32 Å². The Bertz CT molecular complexity index is 655. The van der Waals surface area contributed by atoms with Crippen LogP contribution in [0.25, 0.3) is 0 Å². The van der Waals surface area contributed by atoms with Gasteiger partial charge in [0, 0.05) is 20.6 Å². The number of ether oxygens (including phenoxy) is 4. The first-order valence-corrected chi connectivity index (χ1v) is 9.37. The van der Waals surface area contributed by atoms with E-state index in [0.29, 0.717) is 0 Å². The molecule has 0 unspecified atom stereocenters. The predicted octanol–water partition coefficient (Wildman–Crippen LogP) is 2.49. The van der Waals surface area contributed by atoms with E-state index in [0.717, 1.165) is 5.56 Å². The van der Waals surface area contributed by atoms with Gasteiger partial charge in [-0.2, -0.15) is 0 Å². The molecule has 0 aromatic heterocycles. The lowest BCUT2D eigenvalue weighted by Crippen LogP contribution is -2.47. The Labute approximate surface area is 171 Å². The van der Waals surface area contributed by atoms with Crippen LogP contribution < -0.4 is 5.32 Å². The predicted molar refractivity (Wildman–Crippen MR) is 106 cm³/mol. The molecule has 0 radical (unpaired) electrons. The van der Waals surface area contributed by atoms with Crippen molar-refractivity contribution in [2.75, 3.05) is 27.4 Å². The topological polar surface area (TPSA) is 100 Å². The molecule has 0 bridgehead atoms. The fourth-order valence-electron chi connectivity index (χ4n) is 2.47. The van der Waals surface area contributed by atoms with Gasteiger partial charge in [0.2, 0.25) is 0 Å². The summed E-state index contributed by atoms with van der Waals surface area (Å²) in [6.45, 7) is 5.24. The summed E-state index contributed by atoms with van der Waals surface area (Å²) in [5.41, 5.74) is 0.136. The minimum absolute atomic E-state index is 0.0193. The molecule has 1 amide bonds. The van der Waals surface area contributed by atoms with E-state index in [1.54, 1.807) is 20.8 Å². The average Bonchev–Trinajstić information content (AvgIpc) is 2.64. The van der Waals surface area contributed by atoms with E-state index in [4.69, 9.17) is 18.9 Å². The van der Waals surface area contributed by atoms with E-state index in [1.165, 1.54) is 14.2 Å². The molecule has 2 atom stereocenters. The fraction of sp³-hybridized carbons (Fsp3) is 0.571. The smallest absolute Gasteiger partial charge is 0.408 e. The number of nitrogens with one attached hydrogen (secondary N) is 1. The van der Waals surface area contributed by atoms with Gasteiger partial charge in [-0.05, 0) is 26.3 Å². The maximum atomic E-state index is 12.7. The van der Waals surface area contributed by atoms with E-state index in [-0.39, 0.29) is 32.0 Å². The number of benzene rings is 1. The van der Waals surface area contributed by atoms with Gasteiger partial charge in [-0.1, -0.05) is 30.3 Å². The normalized spacial score (nSPS) is 13.3. The van der Waals surface area contributed by atoms with Crippen molar-refractivity contribution in [3.63, 3.8) is 0 Å². The molecule has 0 heterocycles. The van der Waals surface area contributed by atoms with Crippen molar-refractivity contribution >= 4 is 17.8 Å². The quantitative estimate of drug-likeness (QED) is 0.561. The molecule has 0 saturated heterocycles. The highest BCUT2D eigenvalue weighted by Crippen LogP contribution is 2.13. The van der Waals surface area contributed by atoms with E-state index in [1.807, 2.05) is 30.3 Å². The Kier molecular flexibility index (Phi) is 10.3. The molecule has 1 aromatic carbocycles. The molecule has 29 heavy (non-hydrogen) atoms. The Hall–Kier alpha value is -2.45. The molecule has 162 valence electrons. The highest BCUT2D eigenvalue weighted by atomic mass is 16.6. The van der Waals surface area contributed by atoms with Crippen molar-refractivity contribution < 1.29 is 33.3 Å². The second-order valence-electron chi connectivity index (χ2n) is 7.57. The minimum Gasteiger partial charge on any atom is -0.461 e. The SMILES string of the molecule is COC[C@H](CC(=O)[C@H](COC)NC(=O)OC(C)(C)C)C(=O)OCc1ccccc1. The van der Waals surface area contributed by atoms with Crippen molar-refractivity contribution in [2.45, 2.75) is 45.4 Å². The van der Waals surface area contributed by atoms with Gasteiger partial charge in [-0.3, -0.25) is 9.59 Å². The van der Waals surface area contributed by atoms with Crippen molar-refractivity contribution in [3.8, 4) is 0 Å². The summed E-state index contributed by atoms with van der Waals surface area (Å²) in [5.74, 6) is -1.72. The average molecular weight is 409 g/mol. The maximum absolute atomic E-state index is 12.7. The van der Waals surface area contributed by atoms with E-state index < -0.39 is 29.6 Å². The summed E-state index contributed by atoms with van der Waals surface area (Å²) in [5, 5.41) is 2.49. The van der Waals surface area contributed by atoms with Crippen LogP contribution in [0.5, 0.6) is 0 Å². The molecule has 1 aromatic rings. The molecule has 0 saturated carbocycles. The zero-order valence-corrected chi connectivity index (χ0v) is 17.7. The largest absolute Gasteiger partial charge is 0.461 e. The molecule has 0 aliphatic carbocycles. The molecule has 8 heteroatoms. The highest BCUT2D eigenvalue weighted by Gasteiger charge is 2.30. The van der Waals surface area contributed by atoms with Crippen LogP contribution in [0.2, 0.25) is 0 Å². The molecule has 1 N–H and O–H groups in total. The summed E-state index contributed by atoms with van der Waals surface area (Å²) in [7, 11) is 2.85. The van der Waals surface area contributed by atoms with Crippen LogP contribution in [0, 0.1) is 5.92 Å². The molecule has 0 fully saturated rings. The van der Waals surface area contributed by atoms with Crippen LogP contribution >= 0.6 is 0 Å². The van der Waals surface area contributed by atoms with Crippen molar-refractivity contribution in [2.24, 2.45) is 5.92 Å². The Balaban J connectivity index is 2.70. The number of carbonyl (C=O) groups excluding carboxylic acids is 3. The summed E-state index contributed by atoms with van der Waals surface area (Å²) in [6.07, 6.45) is -0.895. The highest BCUT2D eigenvalue weighted by molar-refractivity contribution is 5.90. The number of hydrogen-bond donors (Lipinski definition) is 1. The number of amides is 1. The Morgan fingerprint density at radius 3 is 2.17 bits per heavy atom. The first-order chi connectivity index (χ1) is 13.7. The van der Waals surface area contributed by atoms with Gasteiger partial charge in [-0.15, -0.1) is 0 Å². The van der Waals surface area contributed by atoms with Gasteiger partial charge in [0.1, 0.15) is 18.2 Å². The molecular formula is C21H31NO7. The summed E-state index contributed by atoms with van der Waals surface area (Å²) in [6, 6.07) is 8.28. The van der Waals surface area contributed by atoms with Crippen LogP contribution in [-0.4, -0.2) is 56.9 Å². The molecule has 8 nitrogen and oxygen atoms in total. The second kappa shape index (κ2) is 12.2. The number of Topliss-reactive ketones (excluding diaryl/α,β-unsaturated/α-hetero) is 1. The molecule has 0 aliphatic heterocycles. The zero-order chi connectivity index (χ0) is 21.9. The molecular weight excluding hydrogens is 378 g/mol. The van der Waals surface area contributed by atoms with Gasteiger partial charge in [0.15, 0.2) is 5.78 Å². The summed E-state index contributed by atoms with van der Waals surface area (Å²) in [4.78, 5) is 37.1. The lowest BCUT2D eigenvalue weighted by atomic mass is 9.99.